The molecule has 3 nitrogen and oxygen atoms in total. The molecule has 5 heteroatoms. The number of hydrogen-bond donors (Lipinski definition) is 0. The van der Waals surface area contributed by atoms with Crippen molar-refractivity contribution in [2.45, 2.75) is 43.5 Å². The molecular formula is C24H27NO2SSi. The Morgan fingerprint density at radius 2 is 1.55 bits per heavy atom. The monoisotopic (exact) mass is 421 g/mol. The van der Waals surface area contributed by atoms with Crippen LogP contribution in [0.15, 0.2) is 83.4 Å². The van der Waals surface area contributed by atoms with Crippen LogP contribution in [0.4, 0.5) is 0 Å². The van der Waals surface area contributed by atoms with Gasteiger partial charge in [-0.1, -0.05) is 91.6 Å². The van der Waals surface area contributed by atoms with Crippen LogP contribution < -0.4 is 0 Å². The van der Waals surface area contributed by atoms with E-state index in [0.29, 0.717) is 4.90 Å². The summed E-state index contributed by atoms with van der Waals surface area (Å²) in [6.07, 6.45) is 2.12. The Hall–Kier alpha value is -2.21. The molecule has 1 heterocycles. The molecule has 1 aliphatic heterocycles. The number of aryl methyl sites for hydroxylation is 1. The fraction of sp³-hybridized carbons (Fsp3) is 0.250. The maximum Gasteiger partial charge on any atom is 0.244 e. The molecule has 1 saturated heterocycles. The third-order valence-corrected chi connectivity index (χ3v) is 8.42. The lowest BCUT2D eigenvalue weighted by atomic mass is 10.0. The molecule has 0 saturated carbocycles. The van der Waals surface area contributed by atoms with E-state index >= 15 is 0 Å². The highest BCUT2D eigenvalue weighted by Crippen LogP contribution is 2.50. The maximum absolute atomic E-state index is 13.5. The first-order valence-electron chi connectivity index (χ1n) is 9.96. The summed E-state index contributed by atoms with van der Waals surface area (Å²) in [6.45, 7) is 8.75. The summed E-state index contributed by atoms with van der Waals surface area (Å²) in [5.41, 5.74) is 4.38. The van der Waals surface area contributed by atoms with Crippen LogP contribution in [0.5, 0.6) is 0 Å². The van der Waals surface area contributed by atoms with Gasteiger partial charge in [0.05, 0.1) is 25.1 Å². The third kappa shape index (κ3) is 3.95. The van der Waals surface area contributed by atoms with Crippen molar-refractivity contribution < 1.29 is 8.42 Å². The van der Waals surface area contributed by atoms with Crippen molar-refractivity contribution in [2.75, 3.05) is 0 Å². The fourth-order valence-electron chi connectivity index (χ4n) is 3.78. The summed E-state index contributed by atoms with van der Waals surface area (Å²) >= 11 is 0. The topological polar surface area (TPSA) is 37.1 Å². The zero-order valence-corrected chi connectivity index (χ0v) is 19.1. The minimum Gasteiger partial charge on any atom is -0.207 e. The van der Waals surface area contributed by atoms with E-state index in [2.05, 4.69) is 55.7 Å². The van der Waals surface area contributed by atoms with Crippen molar-refractivity contribution in [3.05, 3.63) is 89.6 Å². The molecule has 0 spiro atoms. The summed E-state index contributed by atoms with van der Waals surface area (Å²) in [5, 5.41) is 2.26. The molecule has 0 aromatic heterocycles. The lowest BCUT2D eigenvalue weighted by Gasteiger charge is -2.09. The molecule has 29 heavy (non-hydrogen) atoms. The van der Waals surface area contributed by atoms with Crippen LogP contribution in [0.25, 0.3) is 10.8 Å². The highest BCUT2D eigenvalue weighted by molar-refractivity contribution is 7.89. The highest BCUT2D eigenvalue weighted by atomic mass is 32.2. The maximum atomic E-state index is 13.5. The largest absolute Gasteiger partial charge is 0.244 e. The molecule has 0 bridgehead atoms. The molecule has 150 valence electrons. The molecule has 3 aromatic rings. The Morgan fingerprint density at radius 3 is 2.24 bits per heavy atom. The Labute approximate surface area is 174 Å². The quantitative estimate of drug-likeness (QED) is 0.392. The van der Waals surface area contributed by atoms with Crippen LogP contribution in [0.2, 0.25) is 19.6 Å². The lowest BCUT2D eigenvalue weighted by molar-refractivity contribution is 0.551. The van der Waals surface area contributed by atoms with Gasteiger partial charge in [-0.25, -0.2) is 8.42 Å². The number of benzene rings is 3. The molecule has 0 radical (unpaired) electrons. The second-order valence-electron chi connectivity index (χ2n) is 8.88. The molecule has 3 aromatic carbocycles. The molecule has 0 N–H and O–H groups in total. The van der Waals surface area contributed by atoms with Crippen LogP contribution in [0, 0.1) is 6.92 Å². The molecule has 0 amide bonds. The Bertz CT molecular complexity index is 1170. The molecule has 1 aliphatic rings. The number of nitrogens with zero attached hydrogens (tertiary/aromatic N) is 1. The van der Waals surface area contributed by atoms with Crippen molar-refractivity contribution >= 4 is 28.9 Å². The SMILES string of the molecule is Cc1ccc(S(=O)(=O)N2[C@@H](/C=C/[Si](C)(C)C)[C@@H]2c2cccc3ccccc23)cc1. The third-order valence-electron chi connectivity index (χ3n) is 5.33. The van der Waals surface area contributed by atoms with E-state index < -0.39 is 18.1 Å². The van der Waals surface area contributed by atoms with Gasteiger partial charge >= 0.3 is 0 Å². The predicted octanol–water partition coefficient (Wildman–Crippen LogP) is 5.70. The van der Waals surface area contributed by atoms with Gasteiger partial charge in [-0.15, -0.1) is 0 Å². The van der Waals surface area contributed by atoms with E-state index in [0.717, 1.165) is 21.9 Å². The number of fused-ring (bicyclic) bond motifs is 1. The van der Waals surface area contributed by atoms with E-state index in [1.54, 1.807) is 16.4 Å². The Kier molecular flexibility index (Phi) is 5.01. The van der Waals surface area contributed by atoms with Crippen LogP contribution in [-0.4, -0.2) is 26.8 Å². The number of rotatable bonds is 5. The minimum atomic E-state index is -3.57. The first kappa shape index (κ1) is 20.1. The van der Waals surface area contributed by atoms with Crippen LogP contribution >= 0.6 is 0 Å². The second kappa shape index (κ2) is 7.24. The van der Waals surface area contributed by atoms with E-state index in [1.165, 1.54) is 0 Å². The lowest BCUT2D eigenvalue weighted by Crippen LogP contribution is -2.17. The van der Waals surface area contributed by atoms with Crippen molar-refractivity contribution in [2.24, 2.45) is 0 Å². The standard InChI is InChI=1S/C24H27NO2SSi/c1-18-12-14-20(15-13-18)28(26,27)25-23(16-17-29(2,3)4)24(25)22-11-7-9-19-8-5-6-10-21(19)22/h5-17,23-24H,1-4H3/b17-16+/t23-,24-,25?/m0/s1. The summed E-state index contributed by atoms with van der Waals surface area (Å²) in [7, 11) is -5.01. The van der Waals surface area contributed by atoms with Gasteiger partial charge in [-0.2, -0.15) is 4.31 Å². The zero-order chi connectivity index (χ0) is 20.8. The van der Waals surface area contributed by atoms with Crippen molar-refractivity contribution in [1.82, 2.24) is 4.31 Å². The summed E-state index contributed by atoms with van der Waals surface area (Å²) < 4.78 is 28.6. The molecule has 1 unspecified atom stereocenters. The van der Waals surface area contributed by atoms with E-state index in [4.69, 9.17) is 0 Å². The number of hydrogen-bond acceptors (Lipinski definition) is 2. The van der Waals surface area contributed by atoms with Gasteiger partial charge in [-0.3, -0.25) is 0 Å². The predicted molar refractivity (Wildman–Crippen MR) is 123 cm³/mol. The van der Waals surface area contributed by atoms with E-state index in [9.17, 15) is 8.42 Å². The van der Waals surface area contributed by atoms with Gasteiger partial charge < -0.3 is 0 Å². The summed E-state index contributed by atoms with van der Waals surface area (Å²) in [5.74, 6) is 0. The van der Waals surface area contributed by atoms with E-state index in [-0.39, 0.29) is 12.1 Å². The minimum absolute atomic E-state index is 0.140. The zero-order valence-electron chi connectivity index (χ0n) is 17.3. The smallest absolute Gasteiger partial charge is 0.207 e. The highest BCUT2D eigenvalue weighted by Gasteiger charge is 2.55. The van der Waals surface area contributed by atoms with Gasteiger partial charge in [0.1, 0.15) is 0 Å². The normalized spacial score (nSPS) is 22.3. The summed E-state index contributed by atoms with van der Waals surface area (Å²) in [6, 6.07) is 21.2. The Balaban J connectivity index is 1.80. The van der Waals surface area contributed by atoms with Crippen LogP contribution in [0.1, 0.15) is 17.2 Å². The van der Waals surface area contributed by atoms with Crippen molar-refractivity contribution in [3.8, 4) is 0 Å². The van der Waals surface area contributed by atoms with E-state index in [1.807, 2.05) is 37.3 Å². The van der Waals surface area contributed by atoms with Gasteiger partial charge in [0.2, 0.25) is 10.0 Å². The van der Waals surface area contributed by atoms with Gasteiger partial charge in [0.25, 0.3) is 0 Å². The molecule has 4 rings (SSSR count). The molecule has 1 fully saturated rings. The average molecular weight is 422 g/mol. The van der Waals surface area contributed by atoms with Gasteiger partial charge in [0, 0.05) is 0 Å². The molecular weight excluding hydrogens is 394 g/mol. The van der Waals surface area contributed by atoms with Gasteiger partial charge in [0.15, 0.2) is 0 Å². The van der Waals surface area contributed by atoms with Crippen molar-refractivity contribution in [3.63, 3.8) is 0 Å². The van der Waals surface area contributed by atoms with Crippen molar-refractivity contribution in [1.29, 1.82) is 0 Å². The molecule has 3 atom stereocenters. The summed E-state index contributed by atoms with van der Waals surface area (Å²) in [4.78, 5) is 0.359. The van der Waals surface area contributed by atoms with Gasteiger partial charge in [-0.05, 0) is 35.4 Å². The second-order valence-corrected chi connectivity index (χ2v) is 15.8. The van der Waals surface area contributed by atoms with Crippen LogP contribution in [0.3, 0.4) is 0 Å². The fourth-order valence-corrected chi connectivity index (χ4v) is 6.26. The first-order valence-corrected chi connectivity index (χ1v) is 15.0. The first-order chi connectivity index (χ1) is 13.7. The Morgan fingerprint density at radius 1 is 0.897 bits per heavy atom. The molecule has 0 aliphatic carbocycles. The van der Waals surface area contributed by atoms with Crippen LogP contribution in [-0.2, 0) is 10.0 Å². The number of sulfonamides is 1. The average Bonchev–Trinajstić information content (AvgIpc) is 3.41.